The first-order valence-electron chi connectivity index (χ1n) is 9.19. The van der Waals surface area contributed by atoms with Gasteiger partial charge in [-0.2, -0.15) is 0 Å². The fraction of sp³-hybridized carbons (Fsp3) is 0.217. The lowest BCUT2D eigenvalue weighted by atomic mass is 9.99. The molecule has 0 amide bonds. The first-order valence-corrected chi connectivity index (χ1v) is 9.19. The second-order valence-corrected chi connectivity index (χ2v) is 6.63. The Morgan fingerprint density at radius 3 is 2.46 bits per heavy atom. The Kier molecular flexibility index (Phi) is 6.27. The third-order valence-electron chi connectivity index (χ3n) is 4.49. The summed E-state index contributed by atoms with van der Waals surface area (Å²) in [5.41, 5.74) is 0.974. The second-order valence-electron chi connectivity index (χ2n) is 6.63. The zero-order valence-electron chi connectivity index (χ0n) is 15.4. The molecule has 0 aromatic heterocycles. The van der Waals surface area contributed by atoms with Gasteiger partial charge in [0.25, 0.3) is 0 Å². The highest BCUT2D eigenvalue weighted by molar-refractivity contribution is 5.98. The number of ketones is 1. The maximum Gasteiger partial charge on any atom is 0.342 e. The minimum Gasteiger partial charge on any atom is -0.508 e. The van der Waals surface area contributed by atoms with Gasteiger partial charge in [-0.1, -0.05) is 48.6 Å². The molecule has 5 nitrogen and oxygen atoms in total. The van der Waals surface area contributed by atoms with Crippen LogP contribution in [-0.4, -0.2) is 22.0 Å². The molecule has 3 rings (SSSR count). The number of fused-ring (bicyclic) bond motifs is 1. The molecule has 1 atom stereocenters. The quantitative estimate of drug-likeness (QED) is 0.567. The van der Waals surface area contributed by atoms with Gasteiger partial charge in [0.2, 0.25) is 0 Å². The Labute approximate surface area is 163 Å². The van der Waals surface area contributed by atoms with Crippen molar-refractivity contribution < 1.29 is 24.5 Å². The van der Waals surface area contributed by atoms with E-state index in [-0.39, 0.29) is 29.1 Å². The summed E-state index contributed by atoms with van der Waals surface area (Å²) in [5, 5.41) is 20.0. The first kappa shape index (κ1) is 19.4. The third-order valence-corrected chi connectivity index (χ3v) is 4.49. The molecule has 0 radical (unpaired) electrons. The lowest BCUT2D eigenvalue weighted by Gasteiger charge is -2.19. The first-order chi connectivity index (χ1) is 13.5. The molecule has 2 aromatic rings. The van der Waals surface area contributed by atoms with Crippen LogP contribution < -0.4 is 0 Å². The third kappa shape index (κ3) is 4.88. The molecule has 2 aromatic carbocycles. The van der Waals surface area contributed by atoms with E-state index in [0.717, 1.165) is 24.5 Å². The number of hydrogen-bond acceptors (Lipinski definition) is 5. The average Bonchev–Trinajstić information content (AvgIpc) is 2.65. The highest BCUT2D eigenvalue weighted by Gasteiger charge is 2.24. The highest BCUT2D eigenvalue weighted by Crippen LogP contribution is 2.31. The molecule has 0 bridgehead atoms. The van der Waals surface area contributed by atoms with Gasteiger partial charge in [-0.15, -0.1) is 0 Å². The number of cyclic esters (lactones) is 1. The largest absolute Gasteiger partial charge is 0.508 e. The summed E-state index contributed by atoms with van der Waals surface area (Å²) in [6.45, 7) is 0. The van der Waals surface area contributed by atoms with Crippen molar-refractivity contribution in [2.75, 3.05) is 0 Å². The molecule has 0 aliphatic carbocycles. The Bertz CT molecular complexity index is 912. The van der Waals surface area contributed by atoms with E-state index in [9.17, 15) is 19.8 Å². The van der Waals surface area contributed by atoms with Gasteiger partial charge < -0.3 is 14.9 Å². The Morgan fingerprint density at radius 1 is 0.929 bits per heavy atom. The molecule has 0 unspecified atom stereocenters. The minimum atomic E-state index is -0.733. The molecule has 0 fully saturated rings. The molecular formula is C23H22O5. The molecule has 28 heavy (non-hydrogen) atoms. The molecule has 1 heterocycles. The van der Waals surface area contributed by atoms with Crippen LogP contribution >= 0.6 is 0 Å². The molecule has 1 aliphatic heterocycles. The number of hydrogen-bond donors (Lipinski definition) is 2. The number of phenolic OH excluding ortho intramolecular Hbond substituents is 2. The van der Waals surface area contributed by atoms with E-state index in [1.54, 1.807) is 6.08 Å². The normalized spacial score (nSPS) is 18.2. The van der Waals surface area contributed by atoms with Crippen LogP contribution in [0.15, 0.2) is 66.8 Å². The van der Waals surface area contributed by atoms with Crippen molar-refractivity contribution in [3.8, 4) is 11.5 Å². The van der Waals surface area contributed by atoms with Crippen LogP contribution in [0.5, 0.6) is 11.5 Å². The number of esters is 1. The number of aromatic hydroxyl groups is 2. The number of ether oxygens (including phenoxy) is 1. The summed E-state index contributed by atoms with van der Waals surface area (Å²) in [6.07, 6.45) is 8.53. The van der Waals surface area contributed by atoms with Gasteiger partial charge in [-0.25, -0.2) is 4.79 Å². The van der Waals surface area contributed by atoms with Crippen molar-refractivity contribution in [2.45, 2.75) is 31.8 Å². The molecule has 0 spiro atoms. The molecular weight excluding hydrogens is 356 g/mol. The van der Waals surface area contributed by atoms with Crippen LogP contribution in [0.2, 0.25) is 0 Å². The lowest BCUT2D eigenvalue weighted by Crippen LogP contribution is -2.15. The molecule has 1 aliphatic rings. The molecule has 0 saturated carbocycles. The number of benzene rings is 2. The van der Waals surface area contributed by atoms with Crippen molar-refractivity contribution in [2.24, 2.45) is 0 Å². The van der Waals surface area contributed by atoms with Crippen LogP contribution in [0.25, 0.3) is 0 Å². The van der Waals surface area contributed by atoms with E-state index in [4.69, 9.17) is 4.74 Å². The van der Waals surface area contributed by atoms with E-state index in [0.29, 0.717) is 6.42 Å². The summed E-state index contributed by atoms with van der Waals surface area (Å²) in [7, 11) is 0. The standard InChI is InChI=1S/C23H22O5/c24-18-11-7-2-1-3-8-12-21(16-9-5-4-6-10-16)28-23(27)22-17(13-18)14-19(25)15-20(22)26/h3-11,14-15,21,25-26H,1-2,12-13H2/t21-/m1/s1. The summed E-state index contributed by atoms with van der Waals surface area (Å²) >= 11 is 0. The minimum absolute atomic E-state index is 0.0958. The lowest BCUT2D eigenvalue weighted by molar-refractivity contribution is -0.114. The number of rotatable bonds is 1. The summed E-state index contributed by atoms with van der Waals surface area (Å²) < 4.78 is 5.70. The van der Waals surface area contributed by atoms with Crippen LogP contribution in [0.3, 0.4) is 0 Å². The van der Waals surface area contributed by atoms with Crippen molar-refractivity contribution in [1.82, 2.24) is 0 Å². The van der Waals surface area contributed by atoms with Gasteiger partial charge in [0, 0.05) is 18.9 Å². The van der Waals surface area contributed by atoms with Crippen molar-refractivity contribution in [3.05, 3.63) is 83.5 Å². The number of carbonyl (C=O) groups excluding carboxylic acids is 2. The van der Waals surface area contributed by atoms with Gasteiger partial charge in [0.05, 0.1) is 0 Å². The van der Waals surface area contributed by atoms with E-state index in [2.05, 4.69) is 0 Å². The van der Waals surface area contributed by atoms with Crippen molar-refractivity contribution in [3.63, 3.8) is 0 Å². The average molecular weight is 378 g/mol. The van der Waals surface area contributed by atoms with Crippen molar-refractivity contribution in [1.29, 1.82) is 0 Å². The zero-order valence-corrected chi connectivity index (χ0v) is 15.4. The molecule has 0 saturated heterocycles. The van der Waals surface area contributed by atoms with Crippen molar-refractivity contribution >= 4 is 11.8 Å². The molecule has 2 N–H and O–H groups in total. The topological polar surface area (TPSA) is 83.8 Å². The zero-order chi connectivity index (χ0) is 19.9. The number of allylic oxidation sites excluding steroid dienone is 3. The predicted molar refractivity (Wildman–Crippen MR) is 105 cm³/mol. The highest BCUT2D eigenvalue weighted by atomic mass is 16.5. The maximum absolute atomic E-state index is 12.9. The van der Waals surface area contributed by atoms with E-state index in [1.807, 2.05) is 42.5 Å². The van der Waals surface area contributed by atoms with Gasteiger partial charge in [0.15, 0.2) is 5.78 Å². The number of carbonyl (C=O) groups is 2. The SMILES string of the molecule is O=C1C=CCCC=CC[C@H](c2ccccc2)OC(=O)c2c(O)cc(O)cc2C1. The van der Waals surface area contributed by atoms with Crippen LogP contribution in [-0.2, 0) is 16.0 Å². The van der Waals surface area contributed by atoms with Crippen LogP contribution in [0.4, 0.5) is 0 Å². The van der Waals surface area contributed by atoms with E-state index >= 15 is 0 Å². The van der Waals surface area contributed by atoms with Gasteiger partial charge in [0.1, 0.15) is 23.2 Å². The summed E-state index contributed by atoms with van der Waals surface area (Å²) in [6, 6.07) is 11.7. The predicted octanol–water partition coefficient (Wildman–Crippen LogP) is 4.40. The fourth-order valence-corrected chi connectivity index (χ4v) is 3.14. The van der Waals surface area contributed by atoms with Gasteiger partial charge in [-0.05, 0) is 36.1 Å². The maximum atomic E-state index is 12.9. The number of phenols is 2. The Morgan fingerprint density at radius 2 is 1.68 bits per heavy atom. The van der Waals surface area contributed by atoms with Gasteiger partial charge >= 0.3 is 5.97 Å². The smallest absolute Gasteiger partial charge is 0.342 e. The van der Waals surface area contributed by atoms with E-state index < -0.39 is 17.8 Å². The fourth-order valence-electron chi connectivity index (χ4n) is 3.14. The molecule has 144 valence electrons. The molecule has 5 heteroatoms. The Balaban J connectivity index is 2.01. The summed E-state index contributed by atoms with van der Waals surface area (Å²) in [4.78, 5) is 25.1. The Hall–Kier alpha value is -3.34. The summed E-state index contributed by atoms with van der Waals surface area (Å²) in [5.74, 6) is -1.58. The van der Waals surface area contributed by atoms with Gasteiger partial charge in [-0.3, -0.25) is 4.79 Å². The van der Waals surface area contributed by atoms with E-state index in [1.165, 1.54) is 12.1 Å². The van der Waals surface area contributed by atoms with Crippen LogP contribution in [0, 0.1) is 0 Å². The monoisotopic (exact) mass is 378 g/mol. The van der Waals surface area contributed by atoms with Crippen LogP contribution in [0.1, 0.15) is 46.9 Å². The second kappa shape index (κ2) is 9.04.